The summed E-state index contributed by atoms with van der Waals surface area (Å²) < 4.78 is 9.22. The molecular weight excluding hydrogens is 751 g/mol. The van der Waals surface area contributed by atoms with Gasteiger partial charge in [0, 0.05) is 60.3 Å². The van der Waals surface area contributed by atoms with E-state index in [9.17, 15) is 29.4 Å². The molecule has 0 saturated carbocycles. The molecule has 0 atom stereocenters. The molecule has 262 valence electrons. The number of ether oxygens (including phenoxy) is 1. The molecule has 50 heavy (non-hydrogen) atoms. The Balaban J connectivity index is 0.000000220. The molecule has 0 amide bonds. The van der Waals surface area contributed by atoms with Crippen molar-refractivity contribution in [2.24, 2.45) is 0 Å². The van der Waals surface area contributed by atoms with E-state index in [2.05, 4.69) is 15.9 Å². The third-order valence-corrected chi connectivity index (χ3v) is 9.05. The third kappa shape index (κ3) is 6.96. The number of halogens is 3. The first-order chi connectivity index (χ1) is 23.2. The van der Waals surface area contributed by atoms with Gasteiger partial charge in [-0.1, -0.05) is 46.6 Å². The average molecular weight is 787 g/mol. The number of benzene rings is 4. The molecular formula is C36H35BrCl2N4O7. The van der Waals surface area contributed by atoms with E-state index in [0.29, 0.717) is 70.8 Å². The summed E-state index contributed by atoms with van der Waals surface area (Å²) in [6.45, 7) is -0.577. The fourth-order valence-corrected chi connectivity index (χ4v) is 6.97. The van der Waals surface area contributed by atoms with E-state index < -0.39 is 11.9 Å². The van der Waals surface area contributed by atoms with Crippen LogP contribution in [0.5, 0.6) is 5.75 Å². The van der Waals surface area contributed by atoms with Crippen LogP contribution in [-0.2, 0) is 22.7 Å². The number of methoxy groups -OCH3 is 1. The molecule has 0 bridgehead atoms. The summed E-state index contributed by atoms with van der Waals surface area (Å²) in [6.07, 6.45) is 0. The maximum atomic E-state index is 12.9. The summed E-state index contributed by atoms with van der Waals surface area (Å²) in [5, 5.41) is 21.4. The van der Waals surface area contributed by atoms with Gasteiger partial charge in [-0.2, -0.15) is 0 Å². The number of carboxylic acids is 2. The molecule has 2 N–H and O–H groups in total. The summed E-state index contributed by atoms with van der Waals surface area (Å²) >= 11 is 16.1. The van der Waals surface area contributed by atoms with Crippen molar-refractivity contribution in [3.63, 3.8) is 0 Å². The van der Waals surface area contributed by atoms with Crippen LogP contribution in [0.15, 0.2) is 74.7 Å². The normalized spacial score (nSPS) is 10.9. The van der Waals surface area contributed by atoms with Crippen LogP contribution in [0.4, 0.5) is 11.4 Å². The van der Waals surface area contributed by atoms with Crippen LogP contribution >= 0.6 is 39.1 Å². The zero-order valence-corrected chi connectivity index (χ0v) is 30.1. The summed E-state index contributed by atoms with van der Waals surface area (Å²) in [5.41, 5.74) is 2.95. The van der Waals surface area contributed by atoms with Gasteiger partial charge in [0.1, 0.15) is 18.8 Å². The van der Waals surface area contributed by atoms with Crippen LogP contribution in [0.25, 0.3) is 43.6 Å². The lowest BCUT2D eigenvalue weighted by Gasteiger charge is -2.22. The number of rotatable bonds is 7. The van der Waals surface area contributed by atoms with E-state index in [1.807, 2.05) is 0 Å². The topological polar surface area (TPSA) is 134 Å². The second-order valence-corrected chi connectivity index (χ2v) is 13.3. The minimum atomic E-state index is -1.02. The predicted molar refractivity (Wildman–Crippen MR) is 206 cm³/mol. The number of carbonyl (C=O) groups is 2. The van der Waals surface area contributed by atoms with Gasteiger partial charge in [-0.15, -0.1) is 0 Å². The lowest BCUT2D eigenvalue weighted by Crippen LogP contribution is -2.19. The van der Waals surface area contributed by atoms with Gasteiger partial charge >= 0.3 is 11.9 Å². The highest BCUT2D eigenvalue weighted by atomic mass is 79.9. The number of pyridine rings is 2. The zero-order chi connectivity index (χ0) is 35.9. The molecule has 14 heteroatoms. The lowest BCUT2D eigenvalue weighted by atomic mass is 10.1. The number of carboxylic acid groups (broad SMARTS) is 2. The monoisotopic (exact) mass is 784 g/mol. The van der Waals surface area contributed by atoms with E-state index in [4.69, 9.17) is 27.9 Å². The molecule has 0 spiro atoms. The molecule has 11 nitrogen and oxygen atoms in total. The fraction of sp³-hybridized carbons (Fsp3) is 0.222. The highest BCUT2D eigenvalue weighted by molar-refractivity contribution is 9.10. The number of aromatic nitrogens is 2. The molecule has 0 aliphatic rings. The van der Waals surface area contributed by atoms with Gasteiger partial charge < -0.3 is 33.9 Å². The highest BCUT2D eigenvalue weighted by Crippen LogP contribution is 2.36. The number of hydrogen-bond donors (Lipinski definition) is 2. The molecule has 6 rings (SSSR count). The van der Waals surface area contributed by atoms with Crippen molar-refractivity contribution >= 4 is 106 Å². The summed E-state index contributed by atoms with van der Waals surface area (Å²) in [6, 6.07) is 16.8. The Labute approximate surface area is 305 Å². The maximum Gasteiger partial charge on any atom is 0.323 e. The molecule has 0 fully saturated rings. The number of hydrogen-bond acceptors (Lipinski definition) is 7. The molecule has 2 heterocycles. The van der Waals surface area contributed by atoms with E-state index >= 15 is 0 Å². The highest BCUT2D eigenvalue weighted by Gasteiger charge is 2.21. The second kappa shape index (κ2) is 15.0. The quantitative estimate of drug-likeness (QED) is 0.160. The van der Waals surface area contributed by atoms with E-state index in [1.165, 1.54) is 7.11 Å². The molecule has 0 saturated heterocycles. The Morgan fingerprint density at radius 2 is 1.10 bits per heavy atom. The number of fused-ring (bicyclic) bond motifs is 4. The van der Waals surface area contributed by atoms with Crippen LogP contribution in [-0.4, -0.2) is 66.6 Å². The average Bonchev–Trinajstić information content (AvgIpc) is 3.04. The molecule has 2 aromatic heterocycles. The van der Waals surface area contributed by atoms with E-state index in [0.717, 1.165) is 4.47 Å². The molecule has 6 aromatic rings. The van der Waals surface area contributed by atoms with Gasteiger partial charge in [0.2, 0.25) is 0 Å². The molecule has 0 radical (unpaired) electrons. The Kier molecular flexibility index (Phi) is 11.4. The van der Waals surface area contributed by atoms with Crippen LogP contribution in [0.3, 0.4) is 0 Å². The first-order valence-corrected chi connectivity index (χ1v) is 16.3. The minimum absolute atomic E-state index is 0. The van der Waals surface area contributed by atoms with Crippen LogP contribution < -0.4 is 25.4 Å². The predicted octanol–water partition coefficient (Wildman–Crippen LogP) is 7.32. The fourth-order valence-electron chi connectivity index (χ4n) is 5.98. The van der Waals surface area contributed by atoms with E-state index in [-0.39, 0.29) is 31.4 Å². The van der Waals surface area contributed by atoms with Crippen molar-refractivity contribution < 1.29 is 24.5 Å². The largest absolute Gasteiger partial charge is 0.497 e. The molecule has 4 aromatic carbocycles. The van der Waals surface area contributed by atoms with Crippen LogP contribution in [0.1, 0.15) is 7.43 Å². The third-order valence-electron chi connectivity index (χ3n) is 7.95. The number of aliphatic carboxylic acids is 2. The van der Waals surface area contributed by atoms with Gasteiger partial charge in [-0.05, 0) is 54.6 Å². The van der Waals surface area contributed by atoms with Crippen molar-refractivity contribution in [3.8, 4) is 5.75 Å². The van der Waals surface area contributed by atoms with Gasteiger partial charge in [0.15, 0.2) is 10.9 Å². The number of anilines is 2. The van der Waals surface area contributed by atoms with Gasteiger partial charge in [-0.25, -0.2) is 0 Å². The van der Waals surface area contributed by atoms with Crippen LogP contribution in [0, 0.1) is 0 Å². The second-order valence-electron chi connectivity index (χ2n) is 11.5. The van der Waals surface area contributed by atoms with Crippen LogP contribution in [0.2, 0.25) is 10.0 Å². The summed E-state index contributed by atoms with van der Waals surface area (Å²) in [4.78, 5) is 52.3. The van der Waals surface area contributed by atoms with Gasteiger partial charge in [-0.3, -0.25) is 19.2 Å². The van der Waals surface area contributed by atoms with Gasteiger partial charge in [0.05, 0.1) is 50.6 Å². The van der Waals surface area contributed by atoms with Crippen molar-refractivity contribution in [1.29, 1.82) is 0 Å². The Morgan fingerprint density at radius 1 is 0.700 bits per heavy atom. The Morgan fingerprint density at radius 3 is 1.50 bits per heavy atom. The summed E-state index contributed by atoms with van der Waals surface area (Å²) in [7, 11) is 8.73. The molecule has 0 unspecified atom stereocenters. The Bertz CT molecular complexity index is 2440. The summed E-state index contributed by atoms with van der Waals surface area (Å²) in [5.74, 6) is -1.47. The minimum Gasteiger partial charge on any atom is -0.497 e. The molecule has 0 aliphatic heterocycles. The van der Waals surface area contributed by atoms with Crippen molar-refractivity contribution in [3.05, 3.63) is 95.6 Å². The standard InChI is InChI=1S/C18H17ClN2O4.C17H14BrClN2O3.CH4/c1-20(2)17-13(19)7-6-12-16(17)21(9-15(22)23)14-8-10(25-3)4-5-11(14)18(12)24;1-20(2)16-12(19)6-5-11-15(16)21(8-14(22)23)13-7-9(18)3-4-10(13)17(11)24;/h4-8H,9H2,1-3H3,(H,22,23);3-7H,8H2,1-2H3,(H,22,23);1H4. The number of nitrogens with zero attached hydrogens (tertiary/aromatic N) is 4. The SMILES string of the molecule is C.CN(C)c1c(Cl)ccc2c(=O)c3ccc(Br)cc3n(CC(=O)O)c12.COc1ccc2c(=O)c3ccc(Cl)c(N(C)C)c3n(CC(=O)O)c2c1. The van der Waals surface area contributed by atoms with Gasteiger partial charge in [0.25, 0.3) is 0 Å². The van der Waals surface area contributed by atoms with E-state index in [1.54, 1.807) is 108 Å². The van der Waals surface area contributed by atoms with Crippen molar-refractivity contribution in [2.45, 2.75) is 20.5 Å². The maximum absolute atomic E-state index is 12.9. The van der Waals surface area contributed by atoms with Crippen molar-refractivity contribution in [2.75, 3.05) is 45.1 Å². The first-order valence-electron chi connectivity index (χ1n) is 14.7. The molecule has 0 aliphatic carbocycles. The Hall–Kier alpha value is -4.78. The van der Waals surface area contributed by atoms with Crippen molar-refractivity contribution in [1.82, 2.24) is 9.13 Å². The zero-order valence-electron chi connectivity index (χ0n) is 27.0. The smallest absolute Gasteiger partial charge is 0.323 e. The lowest BCUT2D eigenvalue weighted by molar-refractivity contribution is -0.138. The first kappa shape index (κ1) is 38.0.